The Balaban J connectivity index is 2.23. The fourth-order valence-corrected chi connectivity index (χ4v) is 1.91. The van der Waals surface area contributed by atoms with Gasteiger partial charge in [-0.2, -0.15) is 5.10 Å². The van der Waals surface area contributed by atoms with Gasteiger partial charge >= 0.3 is 0 Å². The number of aromatic nitrogens is 2. The number of nitrogens with zero attached hydrogens (tertiary/aromatic N) is 3. The first-order valence-electron chi connectivity index (χ1n) is 5.81. The minimum absolute atomic E-state index is 0.0595. The predicted molar refractivity (Wildman–Crippen MR) is 68.8 cm³/mol. The highest BCUT2D eigenvalue weighted by atomic mass is 16.7. The van der Waals surface area contributed by atoms with Crippen LogP contribution in [0.1, 0.15) is 6.42 Å². The van der Waals surface area contributed by atoms with Crippen molar-refractivity contribution in [2.75, 3.05) is 14.2 Å². The zero-order valence-electron chi connectivity index (χ0n) is 10.8. The standard InChI is InChI=1S/C12H15N3O4/c1-18-12(19-2)5-6-14-11-7-10(15(16)17)4-3-9(11)8-13-14/h3-4,7-8,12H,5-6H2,1-2H3. The monoisotopic (exact) mass is 265 g/mol. The van der Waals surface area contributed by atoms with E-state index in [9.17, 15) is 10.1 Å². The van der Waals surface area contributed by atoms with E-state index in [1.54, 1.807) is 31.2 Å². The first-order chi connectivity index (χ1) is 9.15. The highest BCUT2D eigenvalue weighted by Crippen LogP contribution is 2.21. The lowest BCUT2D eigenvalue weighted by Crippen LogP contribution is -2.16. The Morgan fingerprint density at radius 2 is 2.16 bits per heavy atom. The molecule has 2 rings (SSSR count). The van der Waals surface area contributed by atoms with Crippen LogP contribution in [-0.2, 0) is 16.0 Å². The van der Waals surface area contributed by atoms with Gasteiger partial charge in [0.25, 0.3) is 5.69 Å². The maximum Gasteiger partial charge on any atom is 0.271 e. The molecule has 0 aliphatic heterocycles. The molecule has 0 N–H and O–H groups in total. The molecule has 19 heavy (non-hydrogen) atoms. The van der Waals surface area contributed by atoms with E-state index in [0.29, 0.717) is 13.0 Å². The van der Waals surface area contributed by atoms with Crippen LogP contribution in [0.25, 0.3) is 10.9 Å². The molecule has 0 spiro atoms. The first-order valence-corrected chi connectivity index (χ1v) is 5.81. The molecule has 0 unspecified atom stereocenters. The smallest absolute Gasteiger partial charge is 0.271 e. The number of aryl methyl sites for hydroxylation is 1. The number of methoxy groups -OCH3 is 2. The molecule has 0 amide bonds. The minimum atomic E-state index is -0.413. The van der Waals surface area contributed by atoms with Gasteiger partial charge in [-0.05, 0) is 6.07 Å². The van der Waals surface area contributed by atoms with Gasteiger partial charge in [0.2, 0.25) is 0 Å². The molecule has 0 saturated carbocycles. The van der Waals surface area contributed by atoms with Crippen molar-refractivity contribution in [3.63, 3.8) is 0 Å². The average Bonchev–Trinajstić information content (AvgIpc) is 2.82. The van der Waals surface area contributed by atoms with Gasteiger partial charge in [0.15, 0.2) is 6.29 Å². The second-order valence-corrected chi connectivity index (χ2v) is 4.06. The van der Waals surface area contributed by atoms with Gasteiger partial charge in [-0.15, -0.1) is 0 Å². The van der Waals surface area contributed by atoms with Crippen molar-refractivity contribution in [2.45, 2.75) is 19.3 Å². The molecule has 102 valence electrons. The molecule has 0 atom stereocenters. The maximum atomic E-state index is 10.8. The SMILES string of the molecule is COC(CCn1ncc2ccc([N+](=O)[O-])cc21)OC. The van der Waals surface area contributed by atoms with Gasteiger partial charge in [0.1, 0.15) is 0 Å². The second-order valence-electron chi connectivity index (χ2n) is 4.06. The van der Waals surface area contributed by atoms with E-state index in [-0.39, 0.29) is 12.0 Å². The van der Waals surface area contributed by atoms with Crippen molar-refractivity contribution in [3.05, 3.63) is 34.5 Å². The molecule has 0 fully saturated rings. The molecule has 7 nitrogen and oxygen atoms in total. The van der Waals surface area contributed by atoms with Gasteiger partial charge < -0.3 is 9.47 Å². The zero-order valence-corrected chi connectivity index (χ0v) is 10.8. The third kappa shape index (κ3) is 2.88. The van der Waals surface area contributed by atoms with Gasteiger partial charge in [0.05, 0.1) is 16.6 Å². The molecule has 1 aromatic heterocycles. The summed E-state index contributed by atoms with van der Waals surface area (Å²) in [6, 6.07) is 4.69. The fraction of sp³-hybridized carbons (Fsp3) is 0.417. The summed E-state index contributed by atoms with van der Waals surface area (Å²) in [6.45, 7) is 0.566. The number of hydrogen-bond acceptors (Lipinski definition) is 5. The van der Waals surface area contributed by atoms with Crippen LogP contribution in [0, 0.1) is 10.1 Å². The van der Waals surface area contributed by atoms with Crippen molar-refractivity contribution < 1.29 is 14.4 Å². The average molecular weight is 265 g/mol. The molecule has 0 saturated heterocycles. The summed E-state index contributed by atoms with van der Waals surface area (Å²) in [6.07, 6.45) is 2.00. The molecule has 1 aromatic carbocycles. The minimum Gasteiger partial charge on any atom is -0.356 e. The van der Waals surface area contributed by atoms with E-state index in [2.05, 4.69) is 5.10 Å². The summed E-state index contributed by atoms with van der Waals surface area (Å²) in [5, 5.41) is 15.9. The van der Waals surface area contributed by atoms with Crippen molar-refractivity contribution >= 4 is 16.6 Å². The Morgan fingerprint density at radius 1 is 1.42 bits per heavy atom. The van der Waals surface area contributed by atoms with E-state index < -0.39 is 4.92 Å². The van der Waals surface area contributed by atoms with E-state index >= 15 is 0 Å². The second kappa shape index (κ2) is 5.77. The summed E-state index contributed by atoms with van der Waals surface area (Å²) in [4.78, 5) is 10.4. The van der Waals surface area contributed by atoms with Crippen molar-refractivity contribution in [3.8, 4) is 0 Å². The molecule has 1 heterocycles. The lowest BCUT2D eigenvalue weighted by atomic mass is 10.2. The highest BCUT2D eigenvalue weighted by molar-refractivity contribution is 5.80. The lowest BCUT2D eigenvalue weighted by Gasteiger charge is -2.13. The topological polar surface area (TPSA) is 79.4 Å². The largest absolute Gasteiger partial charge is 0.356 e. The molecule has 0 aliphatic carbocycles. The third-order valence-corrected chi connectivity index (χ3v) is 2.94. The quantitative estimate of drug-likeness (QED) is 0.453. The number of non-ortho nitro benzene ring substituents is 1. The van der Waals surface area contributed by atoms with Gasteiger partial charge in [-0.3, -0.25) is 14.8 Å². The van der Waals surface area contributed by atoms with Crippen LogP contribution < -0.4 is 0 Å². The van der Waals surface area contributed by atoms with Crippen LogP contribution in [-0.4, -0.2) is 35.2 Å². The molecule has 7 heteroatoms. The molecule has 0 bridgehead atoms. The summed E-state index contributed by atoms with van der Waals surface area (Å²) in [5.41, 5.74) is 0.796. The Morgan fingerprint density at radius 3 is 2.79 bits per heavy atom. The van der Waals surface area contributed by atoms with Gasteiger partial charge in [-0.25, -0.2) is 0 Å². The van der Waals surface area contributed by atoms with E-state index in [0.717, 1.165) is 10.9 Å². The summed E-state index contributed by atoms with van der Waals surface area (Å²) < 4.78 is 11.9. The molecular formula is C12H15N3O4. The van der Waals surface area contributed by atoms with Crippen molar-refractivity contribution in [1.29, 1.82) is 0 Å². The van der Waals surface area contributed by atoms with Crippen LogP contribution in [0.2, 0.25) is 0 Å². The van der Waals surface area contributed by atoms with Crippen LogP contribution in [0.4, 0.5) is 5.69 Å². The van der Waals surface area contributed by atoms with Crippen LogP contribution in [0.3, 0.4) is 0 Å². The summed E-state index contributed by atoms with van der Waals surface area (Å²) in [7, 11) is 3.14. The Hall–Kier alpha value is -1.99. The number of ether oxygens (including phenoxy) is 2. The van der Waals surface area contributed by atoms with Gasteiger partial charge in [-0.1, -0.05) is 0 Å². The summed E-state index contributed by atoms with van der Waals surface area (Å²) >= 11 is 0. The van der Waals surface area contributed by atoms with Crippen molar-refractivity contribution in [1.82, 2.24) is 9.78 Å². The Kier molecular flexibility index (Phi) is 4.08. The van der Waals surface area contributed by atoms with E-state index in [1.807, 2.05) is 0 Å². The Bertz CT molecular complexity index is 577. The number of fused-ring (bicyclic) bond motifs is 1. The van der Waals surface area contributed by atoms with E-state index in [1.165, 1.54) is 12.1 Å². The highest BCUT2D eigenvalue weighted by Gasteiger charge is 2.11. The normalized spacial score (nSPS) is 11.3. The maximum absolute atomic E-state index is 10.8. The van der Waals surface area contributed by atoms with Gasteiger partial charge in [0, 0.05) is 44.7 Å². The Labute approximate surface area is 109 Å². The van der Waals surface area contributed by atoms with Crippen molar-refractivity contribution in [2.24, 2.45) is 0 Å². The van der Waals surface area contributed by atoms with Crippen LogP contribution in [0.5, 0.6) is 0 Å². The van der Waals surface area contributed by atoms with Crippen LogP contribution >= 0.6 is 0 Å². The fourth-order valence-electron chi connectivity index (χ4n) is 1.91. The number of nitro benzene ring substituents is 1. The molecule has 0 aliphatic rings. The lowest BCUT2D eigenvalue weighted by molar-refractivity contribution is -0.384. The van der Waals surface area contributed by atoms with E-state index in [4.69, 9.17) is 9.47 Å². The number of benzene rings is 1. The molecule has 0 radical (unpaired) electrons. The number of rotatable bonds is 6. The number of nitro groups is 1. The predicted octanol–water partition coefficient (Wildman–Crippen LogP) is 1.95. The van der Waals surface area contributed by atoms with Crippen LogP contribution in [0.15, 0.2) is 24.4 Å². The summed E-state index contributed by atoms with van der Waals surface area (Å²) in [5.74, 6) is 0. The number of hydrogen-bond donors (Lipinski definition) is 0. The first kappa shape index (κ1) is 13.4. The molecular weight excluding hydrogens is 250 g/mol. The third-order valence-electron chi connectivity index (χ3n) is 2.94. The molecule has 2 aromatic rings. The zero-order chi connectivity index (χ0) is 13.8.